The van der Waals surface area contributed by atoms with E-state index in [0.717, 1.165) is 12.8 Å². The molecule has 0 bridgehead atoms. The van der Waals surface area contributed by atoms with Gasteiger partial charge in [0.05, 0.1) is 6.20 Å². The molecule has 1 aliphatic rings. The molecule has 7 nitrogen and oxygen atoms in total. The van der Waals surface area contributed by atoms with E-state index in [-0.39, 0.29) is 18.0 Å². The fourth-order valence-electron chi connectivity index (χ4n) is 2.58. The molecule has 0 aromatic carbocycles. The van der Waals surface area contributed by atoms with E-state index in [9.17, 15) is 9.59 Å². The zero-order valence-electron chi connectivity index (χ0n) is 13.2. The summed E-state index contributed by atoms with van der Waals surface area (Å²) in [6.45, 7) is 6.58. The largest absolute Gasteiger partial charge is 0.337 e. The van der Waals surface area contributed by atoms with E-state index in [4.69, 9.17) is 0 Å². The average molecular weight is 305 g/mol. The maximum atomic E-state index is 12.3. The molecule has 1 fully saturated rings. The Kier molecular flexibility index (Phi) is 5.68. The number of nitrogens with zero attached hydrogens (tertiary/aromatic N) is 4. The van der Waals surface area contributed by atoms with E-state index < -0.39 is 0 Å². The highest BCUT2D eigenvalue weighted by atomic mass is 16.2. The van der Waals surface area contributed by atoms with Crippen LogP contribution in [0.3, 0.4) is 0 Å². The number of likely N-dealkylation sites (tertiary alicyclic amines) is 1. The molecule has 22 heavy (non-hydrogen) atoms. The number of carbonyl (C=O) groups excluding carboxylic acids is 2. The summed E-state index contributed by atoms with van der Waals surface area (Å²) in [4.78, 5) is 35.8. The summed E-state index contributed by atoms with van der Waals surface area (Å²) in [5.74, 6) is -0.0957. The van der Waals surface area contributed by atoms with Crippen LogP contribution in [0.15, 0.2) is 18.6 Å². The Balaban J connectivity index is 1.83. The standard InChI is InChI=1S/C15H23N5O2/c1-3-19(4-2)15(22)18-12-5-9-20(10-6-12)14(21)13-11-16-7-8-17-13/h7-8,11-12H,3-6,9-10H2,1-2H3,(H,18,22). The number of carbonyl (C=O) groups is 2. The summed E-state index contributed by atoms with van der Waals surface area (Å²) in [7, 11) is 0. The van der Waals surface area contributed by atoms with Gasteiger partial charge in [0.2, 0.25) is 0 Å². The van der Waals surface area contributed by atoms with Crippen LogP contribution in [0.1, 0.15) is 37.2 Å². The van der Waals surface area contributed by atoms with Crippen molar-refractivity contribution in [1.82, 2.24) is 25.1 Å². The molecule has 3 amide bonds. The smallest absolute Gasteiger partial charge is 0.317 e. The third-order valence-electron chi connectivity index (χ3n) is 3.94. The summed E-state index contributed by atoms with van der Waals surface area (Å²) in [5, 5.41) is 3.04. The lowest BCUT2D eigenvalue weighted by Gasteiger charge is -2.33. The molecule has 0 radical (unpaired) electrons. The minimum Gasteiger partial charge on any atom is -0.337 e. The van der Waals surface area contributed by atoms with Gasteiger partial charge in [-0.1, -0.05) is 0 Å². The van der Waals surface area contributed by atoms with Crippen molar-refractivity contribution in [2.24, 2.45) is 0 Å². The second kappa shape index (κ2) is 7.72. The Morgan fingerprint density at radius 2 is 1.95 bits per heavy atom. The molecule has 0 unspecified atom stereocenters. The predicted molar refractivity (Wildman–Crippen MR) is 82.4 cm³/mol. The molecular formula is C15H23N5O2. The summed E-state index contributed by atoms with van der Waals surface area (Å²) in [5.41, 5.74) is 0.369. The minimum atomic E-state index is -0.0957. The summed E-state index contributed by atoms with van der Waals surface area (Å²) in [6, 6.07) is 0.0997. The molecule has 7 heteroatoms. The van der Waals surface area contributed by atoms with E-state index in [1.807, 2.05) is 13.8 Å². The first-order valence-corrected chi connectivity index (χ1v) is 7.76. The molecule has 1 aromatic rings. The lowest BCUT2D eigenvalue weighted by Crippen LogP contribution is -2.50. The highest BCUT2D eigenvalue weighted by molar-refractivity contribution is 5.92. The van der Waals surface area contributed by atoms with Crippen LogP contribution in [0.25, 0.3) is 0 Å². The van der Waals surface area contributed by atoms with Gasteiger partial charge in [0.25, 0.3) is 5.91 Å². The molecule has 1 aliphatic heterocycles. The molecule has 1 aromatic heterocycles. The number of rotatable bonds is 4. The minimum absolute atomic E-state index is 0.0243. The monoisotopic (exact) mass is 305 g/mol. The van der Waals surface area contributed by atoms with E-state index in [0.29, 0.717) is 31.9 Å². The first kappa shape index (κ1) is 16.2. The first-order valence-electron chi connectivity index (χ1n) is 7.76. The SMILES string of the molecule is CCN(CC)C(=O)NC1CCN(C(=O)c2cnccn2)CC1. The van der Waals surface area contributed by atoms with E-state index in [1.54, 1.807) is 16.0 Å². The van der Waals surface area contributed by atoms with E-state index in [2.05, 4.69) is 15.3 Å². The summed E-state index contributed by atoms with van der Waals surface area (Å²) < 4.78 is 0. The Labute approximate surface area is 130 Å². The summed E-state index contributed by atoms with van der Waals surface area (Å²) >= 11 is 0. The zero-order chi connectivity index (χ0) is 15.9. The van der Waals surface area contributed by atoms with E-state index in [1.165, 1.54) is 12.4 Å². The van der Waals surface area contributed by atoms with Crippen molar-refractivity contribution in [3.05, 3.63) is 24.3 Å². The number of aromatic nitrogens is 2. The van der Waals surface area contributed by atoms with Crippen LogP contribution in [0.5, 0.6) is 0 Å². The fourth-order valence-corrected chi connectivity index (χ4v) is 2.58. The molecule has 1 N–H and O–H groups in total. The van der Waals surface area contributed by atoms with Crippen LogP contribution >= 0.6 is 0 Å². The van der Waals surface area contributed by atoms with Crippen molar-refractivity contribution in [1.29, 1.82) is 0 Å². The Morgan fingerprint density at radius 1 is 1.27 bits per heavy atom. The molecule has 0 saturated carbocycles. The highest BCUT2D eigenvalue weighted by Gasteiger charge is 2.26. The van der Waals surface area contributed by atoms with Gasteiger partial charge >= 0.3 is 6.03 Å². The van der Waals surface area contributed by atoms with Gasteiger partial charge in [-0.15, -0.1) is 0 Å². The molecular weight excluding hydrogens is 282 g/mol. The van der Waals surface area contributed by atoms with Crippen LogP contribution in [-0.2, 0) is 0 Å². The number of piperidine rings is 1. The lowest BCUT2D eigenvalue weighted by molar-refractivity contribution is 0.0700. The lowest BCUT2D eigenvalue weighted by atomic mass is 10.0. The van der Waals surface area contributed by atoms with Crippen LogP contribution in [0.2, 0.25) is 0 Å². The molecule has 2 rings (SSSR count). The molecule has 0 aliphatic carbocycles. The second-order valence-electron chi connectivity index (χ2n) is 5.28. The number of hydrogen-bond acceptors (Lipinski definition) is 4. The maximum absolute atomic E-state index is 12.3. The highest BCUT2D eigenvalue weighted by Crippen LogP contribution is 2.13. The number of nitrogens with one attached hydrogen (secondary N) is 1. The third kappa shape index (κ3) is 3.93. The maximum Gasteiger partial charge on any atom is 0.317 e. The quantitative estimate of drug-likeness (QED) is 0.904. The zero-order valence-corrected chi connectivity index (χ0v) is 13.2. The number of amides is 3. The molecule has 1 saturated heterocycles. The van der Waals surface area contributed by atoms with Gasteiger partial charge in [0.1, 0.15) is 5.69 Å². The van der Waals surface area contributed by atoms with Gasteiger partial charge in [-0.05, 0) is 26.7 Å². The van der Waals surface area contributed by atoms with Crippen molar-refractivity contribution in [3.8, 4) is 0 Å². The van der Waals surface area contributed by atoms with Crippen LogP contribution in [-0.4, -0.2) is 63.9 Å². The van der Waals surface area contributed by atoms with Gasteiger partial charge in [-0.25, -0.2) is 9.78 Å². The Hall–Kier alpha value is -2.18. The van der Waals surface area contributed by atoms with Gasteiger partial charge in [0.15, 0.2) is 0 Å². The van der Waals surface area contributed by atoms with Crippen LogP contribution < -0.4 is 5.32 Å². The fraction of sp³-hybridized carbons (Fsp3) is 0.600. The van der Waals surface area contributed by atoms with Crippen molar-refractivity contribution in [3.63, 3.8) is 0 Å². The molecule has 2 heterocycles. The van der Waals surface area contributed by atoms with Gasteiger partial charge in [-0.2, -0.15) is 0 Å². The van der Waals surface area contributed by atoms with Crippen molar-refractivity contribution in [2.45, 2.75) is 32.7 Å². The Bertz CT molecular complexity index is 496. The molecule has 0 spiro atoms. The normalized spacial score (nSPS) is 15.5. The van der Waals surface area contributed by atoms with Gasteiger partial charge < -0.3 is 15.1 Å². The van der Waals surface area contributed by atoms with Crippen molar-refractivity contribution < 1.29 is 9.59 Å². The van der Waals surface area contributed by atoms with Gasteiger partial charge in [-0.3, -0.25) is 9.78 Å². The van der Waals surface area contributed by atoms with Crippen molar-refractivity contribution >= 4 is 11.9 Å². The third-order valence-corrected chi connectivity index (χ3v) is 3.94. The Morgan fingerprint density at radius 3 is 2.50 bits per heavy atom. The van der Waals surface area contributed by atoms with Crippen LogP contribution in [0, 0.1) is 0 Å². The molecule has 120 valence electrons. The van der Waals surface area contributed by atoms with Gasteiger partial charge in [0, 0.05) is 44.6 Å². The average Bonchev–Trinajstić information content (AvgIpc) is 2.57. The van der Waals surface area contributed by atoms with Crippen molar-refractivity contribution in [2.75, 3.05) is 26.2 Å². The predicted octanol–water partition coefficient (Wildman–Crippen LogP) is 1.13. The second-order valence-corrected chi connectivity index (χ2v) is 5.28. The summed E-state index contributed by atoms with van der Waals surface area (Å²) in [6.07, 6.45) is 6.07. The molecule has 0 atom stereocenters. The number of urea groups is 1. The van der Waals surface area contributed by atoms with Crippen LogP contribution in [0.4, 0.5) is 4.79 Å². The topological polar surface area (TPSA) is 78.4 Å². The first-order chi connectivity index (χ1) is 10.7. The number of hydrogen-bond donors (Lipinski definition) is 1. The van der Waals surface area contributed by atoms with E-state index >= 15 is 0 Å².